The van der Waals surface area contributed by atoms with E-state index in [1.54, 1.807) is 11.3 Å². The van der Waals surface area contributed by atoms with E-state index < -0.39 is 0 Å². The molecule has 1 saturated heterocycles. The average molecular weight is 304 g/mol. The minimum absolute atomic E-state index is 0.783. The van der Waals surface area contributed by atoms with Crippen molar-refractivity contribution < 1.29 is 4.74 Å². The molecule has 102 valence electrons. The standard InChI is InChI=1S/C13H12N4OS2/c1-2-10-11(16-20-15-10)7-9(1)12-8-19-13(14-12)17-3-5-18-6-4-17/h1-2,7-8H,3-6H2. The number of fused-ring (bicyclic) bond motifs is 1. The Balaban J connectivity index is 1.66. The van der Waals surface area contributed by atoms with E-state index in [0.29, 0.717) is 0 Å². The molecule has 0 aliphatic carbocycles. The highest BCUT2D eigenvalue weighted by molar-refractivity contribution is 7.14. The van der Waals surface area contributed by atoms with Crippen molar-refractivity contribution >= 4 is 39.2 Å². The maximum Gasteiger partial charge on any atom is 0.186 e. The van der Waals surface area contributed by atoms with Crippen molar-refractivity contribution in [2.75, 3.05) is 31.2 Å². The molecule has 1 aromatic carbocycles. The van der Waals surface area contributed by atoms with Gasteiger partial charge in [-0.05, 0) is 12.1 Å². The molecule has 2 aromatic heterocycles. The predicted octanol–water partition coefficient (Wildman–Crippen LogP) is 2.65. The second-order valence-corrected chi connectivity index (χ2v) is 5.95. The third-order valence-corrected chi connectivity index (χ3v) is 4.78. The Bertz CT molecular complexity index is 733. The van der Waals surface area contributed by atoms with E-state index in [0.717, 1.165) is 53.7 Å². The van der Waals surface area contributed by atoms with E-state index in [1.807, 2.05) is 6.07 Å². The van der Waals surface area contributed by atoms with Crippen LogP contribution >= 0.6 is 23.1 Å². The molecule has 5 nitrogen and oxygen atoms in total. The zero-order valence-electron chi connectivity index (χ0n) is 10.7. The molecule has 0 atom stereocenters. The number of anilines is 1. The Morgan fingerprint density at radius 1 is 1.10 bits per heavy atom. The maximum absolute atomic E-state index is 5.37. The van der Waals surface area contributed by atoms with Gasteiger partial charge in [-0.25, -0.2) is 4.98 Å². The van der Waals surface area contributed by atoms with E-state index in [2.05, 4.69) is 31.2 Å². The van der Waals surface area contributed by atoms with Gasteiger partial charge in [0.1, 0.15) is 11.0 Å². The van der Waals surface area contributed by atoms with Crippen molar-refractivity contribution in [2.24, 2.45) is 0 Å². The Hall–Kier alpha value is -1.57. The van der Waals surface area contributed by atoms with Gasteiger partial charge in [0.15, 0.2) is 5.13 Å². The van der Waals surface area contributed by atoms with Crippen LogP contribution in [0.2, 0.25) is 0 Å². The lowest BCUT2D eigenvalue weighted by atomic mass is 10.1. The second-order valence-electron chi connectivity index (χ2n) is 4.58. The minimum Gasteiger partial charge on any atom is -0.378 e. The van der Waals surface area contributed by atoms with Gasteiger partial charge >= 0.3 is 0 Å². The van der Waals surface area contributed by atoms with Crippen molar-refractivity contribution in [3.05, 3.63) is 23.6 Å². The molecule has 20 heavy (non-hydrogen) atoms. The van der Waals surface area contributed by atoms with Crippen molar-refractivity contribution in [3.8, 4) is 11.3 Å². The van der Waals surface area contributed by atoms with E-state index in [1.165, 1.54) is 11.7 Å². The van der Waals surface area contributed by atoms with Gasteiger partial charge in [-0.3, -0.25) is 0 Å². The maximum atomic E-state index is 5.37. The van der Waals surface area contributed by atoms with Crippen LogP contribution in [-0.2, 0) is 4.74 Å². The van der Waals surface area contributed by atoms with Crippen molar-refractivity contribution in [1.29, 1.82) is 0 Å². The first-order valence-electron chi connectivity index (χ1n) is 6.41. The molecule has 1 aliphatic rings. The monoisotopic (exact) mass is 304 g/mol. The highest BCUT2D eigenvalue weighted by Crippen LogP contribution is 2.29. The molecule has 0 bridgehead atoms. The fourth-order valence-corrected chi connectivity index (χ4v) is 3.64. The summed E-state index contributed by atoms with van der Waals surface area (Å²) in [6.07, 6.45) is 0. The second kappa shape index (κ2) is 5.08. The third kappa shape index (κ3) is 2.17. The van der Waals surface area contributed by atoms with Crippen LogP contribution in [0.25, 0.3) is 22.3 Å². The summed E-state index contributed by atoms with van der Waals surface area (Å²) in [5.41, 5.74) is 3.99. The van der Waals surface area contributed by atoms with Crippen LogP contribution in [0.1, 0.15) is 0 Å². The number of thiazole rings is 1. The van der Waals surface area contributed by atoms with Crippen LogP contribution in [0.4, 0.5) is 5.13 Å². The highest BCUT2D eigenvalue weighted by Gasteiger charge is 2.15. The smallest absolute Gasteiger partial charge is 0.186 e. The van der Waals surface area contributed by atoms with Gasteiger partial charge in [-0.1, -0.05) is 6.07 Å². The summed E-state index contributed by atoms with van der Waals surface area (Å²) >= 11 is 2.93. The Morgan fingerprint density at radius 2 is 1.95 bits per heavy atom. The van der Waals surface area contributed by atoms with Crippen molar-refractivity contribution in [1.82, 2.24) is 13.7 Å². The lowest BCUT2D eigenvalue weighted by Crippen LogP contribution is -2.36. The number of hydrogen-bond donors (Lipinski definition) is 0. The van der Waals surface area contributed by atoms with E-state index in [-0.39, 0.29) is 0 Å². The number of hydrogen-bond acceptors (Lipinski definition) is 7. The lowest BCUT2D eigenvalue weighted by molar-refractivity contribution is 0.122. The quantitative estimate of drug-likeness (QED) is 0.728. The Morgan fingerprint density at radius 3 is 2.85 bits per heavy atom. The first-order chi connectivity index (χ1) is 9.90. The van der Waals surface area contributed by atoms with Gasteiger partial charge in [0.25, 0.3) is 0 Å². The molecule has 4 rings (SSSR count). The van der Waals surface area contributed by atoms with Crippen molar-refractivity contribution in [3.63, 3.8) is 0 Å². The summed E-state index contributed by atoms with van der Waals surface area (Å²) in [6.45, 7) is 3.40. The molecule has 0 spiro atoms. The molecule has 7 heteroatoms. The van der Waals surface area contributed by atoms with Crippen LogP contribution in [-0.4, -0.2) is 40.0 Å². The third-order valence-electron chi connectivity index (χ3n) is 3.32. The Labute approximate surface area is 124 Å². The zero-order valence-corrected chi connectivity index (χ0v) is 12.3. The number of morpholine rings is 1. The molecule has 3 aromatic rings. The molecule has 0 N–H and O–H groups in total. The van der Waals surface area contributed by atoms with Gasteiger partial charge < -0.3 is 9.64 Å². The van der Waals surface area contributed by atoms with Crippen LogP contribution in [0.3, 0.4) is 0 Å². The molecule has 1 fully saturated rings. The fraction of sp³-hybridized carbons (Fsp3) is 0.308. The van der Waals surface area contributed by atoms with E-state index in [9.17, 15) is 0 Å². The molecule has 0 saturated carbocycles. The predicted molar refractivity (Wildman–Crippen MR) is 81.6 cm³/mol. The van der Waals surface area contributed by atoms with E-state index in [4.69, 9.17) is 9.72 Å². The average Bonchev–Trinajstić information content (AvgIpc) is 3.16. The molecular weight excluding hydrogens is 292 g/mol. The van der Waals surface area contributed by atoms with Gasteiger partial charge in [0.05, 0.1) is 30.6 Å². The number of nitrogens with zero attached hydrogens (tertiary/aromatic N) is 4. The molecular formula is C13H12N4OS2. The SMILES string of the molecule is c1cc2nsnc2cc1-c1csc(N2CCOCC2)n1. The minimum atomic E-state index is 0.783. The summed E-state index contributed by atoms with van der Waals surface area (Å²) in [5.74, 6) is 0. The van der Waals surface area contributed by atoms with Gasteiger partial charge in [-0.15, -0.1) is 11.3 Å². The summed E-state index contributed by atoms with van der Waals surface area (Å²) < 4.78 is 13.9. The van der Waals surface area contributed by atoms with Crippen LogP contribution in [0, 0.1) is 0 Å². The normalized spacial score (nSPS) is 15.9. The van der Waals surface area contributed by atoms with Gasteiger partial charge in [0.2, 0.25) is 0 Å². The van der Waals surface area contributed by atoms with Crippen LogP contribution < -0.4 is 4.90 Å². The van der Waals surface area contributed by atoms with Crippen LogP contribution in [0.15, 0.2) is 23.6 Å². The molecule has 1 aliphatic heterocycles. The topological polar surface area (TPSA) is 51.1 Å². The van der Waals surface area contributed by atoms with Gasteiger partial charge in [0, 0.05) is 24.0 Å². The fourth-order valence-electron chi connectivity index (χ4n) is 2.24. The number of rotatable bonds is 2. The van der Waals surface area contributed by atoms with Gasteiger partial charge in [-0.2, -0.15) is 8.75 Å². The summed E-state index contributed by atoms with van der Waals surface area (Å²) in [6, 6.07) is 6.11. The lowest BCUT2D eigenvalue weighted by Gasteiger charge is -2.26. The summed E-state index contributed by atoms with van der Waals surface area (Å²) in [4.78, 5) is 7.02. The number of ether oxygens (including phenoxy) is 1. The first kappa shape index (κ1) is 12.2. The highest BCUT2D eigenvalue weighted by atomic mass is 32.1. The largest absolute Gasteiger partial charge is 0.378 e. The Kier molecular flexibility index (Phi) is 3.10. The zero-order chi connectivity index (χ0) is 13.4. The van der Waals surface area contributed by atoms with E-state index >= 15 is 0 Å². The number of aromatic nitrogens is 3. The molecule has 0 unspecified atom stereocenters. The summed E-state index contributed by atoms with van der Waals surface area (Å²) in [7, 11) is 0. The van der Waals surface area contributed by atoms with Crippen LogP contribution in [0.5, 0.6) is 0 Å². The first-order valence-corrected chi connectivity index (χ1v) is 8.02. The molecule has 0 amide bonds. The summed E-state index contributed by atoms with van der Waals surface area (Å²) in [5, 5.41) is 3.17. The molecule has 3 heterocycles. The number of benzene rings is 1. The molecule has 0 radical (unpaired) electrons. The van der Waals surface area contributed by atoms with Crippen molar-refractivity contribution in [2.45, 2.75) is 0 Å².